The van der Waals surface area contributed by atoms with Gasteiger partial charge in [0.2, 0.25) is 0 Å². The summed E-state index contributed by atoms with van der Waals surface area (Å²) in [4.78, 5) is 2.55. The number of hydrogen-bond donors (Lipinski definition) is 1. The van der Waals surface area contributed by atoms with E-state index in [0.29, 0.717) is 28.6 Å². The van der Waals surface area contributed by atoms with Crippen molar-refractivity contribution in [3.05, 3.63) is 34.1 Å². The normalized spacial score (nSPS) is 11.2. The van der Waals surface area contributed by atoms with Crippen LogP contribution in [0.25, 0.3) is 0 Å². The summed E-state index contributed by atoms with van der Waals surface area (Å²) in [5, 5.41) is 0. The molecule has 1 aromatic carbocycles. The predicted octanol–water partition coefficient (Wildman–Crippen LogP) is 3.08. The van der Waals surface area contributed by atoms with E-state index in [4.69, 9.17) is 18.0 Å². The zero-order chi connectivity index (χ0) is 13.0. The Bertz CT molecular complexity index is 409. The van der Waals surface area contributed by atoms with Gasteiger partial charge >= 0.3 is 0 Å². The monoisotopic (exact) mass is 318 g/mol. The third-order valence-electron chi connectivity index (χ3n) is 2.49. The van der Waals surface area contributed by atoms with Crippen LogP contribution in [0.4, 0.5) is 4.39 Å². The van der Waals surface area contributed by atoms with E-state index in [0.717, 1.165) is 5.56 Å². The van der Waals surface area contributed by atoms with E-state index in [2.05, 4.69) is 34.7 Å². The largest absolute Gasteiger partial charge is 0.392 e. The number of halogens is 2. The van der Waals surface area contributed by atoms with E-state index in [-0.39, 0.29) is 5.82 Å². The van der Waals surface area contributed by atoms with Crippen LogP contribution in [0.1, 0.15) is 19.4 Å². The smallest absolute Gasteiger partial charge is 0.137 e. The van der Waals surface area contributed by atoms with Crippen molar-refractivity contribution in [1.82, 2.24) is 4.90 Å². The van der Waals surface area contributed by atoms with Crippen molar-refractivity contribution >= 4 is 33.1 Å². The molecule has 0 unspecified atom stereocenters. The first-order valence-electron chi connectivity index (χ1n) is 5.37. The first kappa shape index (κ1) is 14.5. The minimum atomic E-state index is -0.249. The van der Waals surface area contributed by atoms with Crippen molar-refractivity contribution in [2.24, 2.45) is 5.73 Å². The van der Waals surface area contributed by atoms with Crippen molar-refractivity contribution in [2.45, 2.75) is 26.4 Å². The van der Waals surface area contributed by atoms with Gasteiger partial charge in [-0.15, -0.1) is 0 Å². The molecule has 2 N–H and O–H groups in total. The van der Waals surface area contributed by atoms with Gasteiger partial charge in [-0.2, -0.15) is 0 Å². The molecule has 0 saturated carbocycles. The Morgan fingerprint density at radius 3 is 2.71 bits per heavy atom. The van der Waals surface area contributed by atoms with E-state index in [1.807, 2.05) is 6.07 Å². The summed E-state index contributed by atoms with van der Waals surface area (Å²) < 4.78 is 13.9. The molecule has 0 aromatic heterocycles. The Morgan fingerprint density at radius 2 is 2.18 bits per heavy atom. The SMILES string of the molecule is CC(C)N(CC(N)=S)Cc1cccc(F)c1Br. The Kier molecular flexibility index (Phi) is 5.49. The van der Waals surface area contributed by atoms with Crippen LogP contribution in [0.15, 0.2) is 22.7 Å². The lowest BCUT2D eigenvalue weighted by Crippen LogP contribution is -2.37. The molecule has 0 heterocycles. The molecule has 0 aliphatic heterocycles. The van der Waals surface area contributed by atoms with Gasteiger partial charge in [-0.05, 0) is 41.4 Å². The van der Waals surface area contributed by atoms with Gasteiger partial charge in [0.25, 0.3) is 0 Å². The molecule has 5 heteroatoms. The van der Waals surface area contributed by atoms with Gasteiger partial charge in [0, 0.05) is 19.1 Å². The van der Waals surface area contributed by atoms with Gasteiger partial charge in [-0.25, -0.2) is 4.39 Å². The molecule has 0 radical (unpaired) electrons. The maximum absolute atomic E-state index is 13.4. The molecule has 0 bridgehead atoms. The summed E-state index contributed by atoms with van der Waals surface area (Å²) in [5.41, 5.74) is 6.45. The quantitative estimate of drug-likeness (QED) is 0.846. The standard InChI is InChI=1S/C12H16BrFN2S/c1-8(2)16(7-11(15)17)6-9-4-3-5-10(14)12(9)13/h3-5,8H,6-7H2,1-2H3,(H2,15,17). The molecule has 17 heavy (non-hydrogen) atoms. The van der Waals surface area contributed by atoms with E-state index in [1.165, 1.54) is 6.07 Å². The molecular weight excluding hydrogens is 303 g/mol. The van der Waals surface area contributed by atoms with Gasteiger partial charge in [0.1, 0.15) is 5.82 Å². The molecular formula is C12H16BrFN2S. The number of benzene rings is 1. The van der Waals surface area contributed by atoms with Gasteiger partial charge in [-0.3, -0.25) is 4.90 Å². The van der Waals surface area contributed by atoms with Gasteiger partial charge in [-0.1, -0.05) is 24.4 Å². The van der Waals surface area contributed by atoms with Gasteiger partial charge in [0.15, 0.2) is 0 Å². The summed E-state index contributed by atoms with van der Waals surface area (Å²) in [6.07, 6.45) is 0. The third kappa shape index (κ3) is 4.33. The first-order chi connectivity index (χ1) is 7.91. The predicted molar refractivity (Wildman–Crippen MR) is 76.4 cm³/mol. The second kappa shape index (κ2) is 6.42. The lowest BCUT2D eigenvalue weighted by molar-refractivity contribution is 0.244. The lowest BCUT2D eigenvalue weighted by atomic mass is 10.2. The Hall–Kier alpha value is -0.520. The Morgan fingerprint density at radius 1 is 1.53 bits per heavy atom. The van der Waals surface area contributed by atoms with Crippen molar-refractivity contribution in [2.75, 3.05) is 6.54 Å². The zero-order valence-electron chi connectivity index (χ0n) is 9.91. The molecule has 0 atom stereocenters. The van der Waals surface area contributed by atoms with Crippen molar-refractivity contribution in [3.8, 4) is 0 Å². The third-order valence-corrected chi connectivity index (χ3v) is 3.51. The van der Waals surface area contributed by atoms with E-state index in [1.54, 1.807) is 6.07 Å². The van der Waals surface area contributed by atoms with E-state index < -0.39 is 0 Å². The molecule has 0 aliphatic carbocycles. The molecule has 2 nitrogen and oxygen atoms in total. The van der Waals surface area contributed by atoms with Crippen LogP contribution in [0.5, 0.6) is 0 Å². The van der Waals surface area contributed by atoms with Gasteiger partial charge < -0.3 is 5.73 Å². The highest BCUT2D eigenvalue weighted by Gasteiger charge is 2.14. The summed E-state index contributed by atoms with van der Waals surface area (Å²) >= 11 is 8.17. The summed E-state index contributed by atoms with van der Waals surface area (Å²) in [5.74, 6) is -0.249. The average molecular weight is 319 g/mol. The van der Waals surface area contributed by atoms with Crippen molar-refractivity contribution in [1.29, 1.82) is 0 Å². The number of rotatable bonds is 5. The molecule has 0 amide bonds. The highest BCUT2D eigenvalue weighted by molar-refractivity contribution is 9.10. The minimum Gasteiger partial charge on any atom is -0.392 e. The Balaban J connectivity index is 2.86. The number of nitrogens with two attached hydrogens (primary N) is 1. The van der Waals surface area contributed by atoms with E-state index in [9.17, 15) is 4.39 Å². The van der Waals surface area contributed by atoms with Crippen molar-refractivity contribution < 1.29 is 4.39 Å². The number of nitrogens with zero attached hydrogens (tertiary/aromatic N) is 1. The van der Waals surface area contributed by atoms with Crippen LogP contribution in [0.3, 0.4) is 0 Å². The second-order valence-electron chi connectivity index (χ2n) is 4.18. The highest BCUT2D eigenvalue weighted by Crippen LogP contribution is 2.22. The van der Waals surface area contributed by atoms with Crippen LogP contribution < -0.4 is 5.73 Å². The fourth-order valence-corrected chi connectivity index (χ4v) is 2.07. The van der Waals surface area contributed by atoms with Crippen LogP contribution >= 0.6 is 28.1 Å². The molecule has 1 aromatic rings. The summed E-state index contributed by atoms with van der Waals surface area (Å²) in [7, 11) is 0. The van der Waals surface area contributed by atoms with Crippen molar-refractivity contribution in [3.63, 3.8) is 0 Å². The zero-order valence-corrected chi connectivity index (χ0v) is 12.3. The molecule has 1 rings (SSSR count). The van der Waals surface area contributed by atoms with Gasteiger partial charge in [0.05, 0.1) is 9.46 Å². The van der Waals surface area contributed by atoms with Crippen LogP contribution in [0, 0.1) is 5.82 Å². The molecule has 0 aliphatic rings. The Labute approximate surface area is 115 Å². The molecule has 94 valence electrons. The van der Waals surface area contributed by atoms with Crippen LogP contribution in [0.2, 0.25) is 0 Å². The fourth-order valence-electron chi connectivity index (χ4n) is 1.51. The fraction of sp³-hybridized carbons (Fsp3) is 0.417. The lowest BCUT2D eigenvalue weighted by Gasteiger charge is -2.26. The second-order valence-corrected chi connectivity index (χ2v) is 5.50. The van der Waals surface area contributed by atoms with Crippen LogP contribution in [-0.4, -0.2) is 22.5 Å². The van der Waals surface area contributed by atoms with Crippen LogP contribution in [-0.2, 0) is 6.54 Å². The van der Waals surface area contributed by atoms with E-state index >= 15 is 0 Å². The molecule has 0 saturated heterocycles. The first-order valence-corrected chi connectivity index (χ1v) is 6.57. The minimum absolute atomic E-state index is 0.249. The molecule has 0 fully saturated rings. The number of hydrogen-bond acceptors (Lipinski definition) is 2. The highest BCUT2D eigenvalue weighted by atomic mass is 79.9. The molecule has 0 spiro atoms. The number of thiocarbonyl (C=S) groups is 1. The topological polar surface area (TPSA) is 29.3 Å². The maximum Gasteiger partial charge on any atom is 0.137 e. The summed E-state index contributed by atoms with van der Waals surface area (Å²) in [6, 6.07) is 5.32. The average Bonchev–Trinajstić information content (AvgIpc) is 2.22. The summed E-state index contributed by atoms with van der Waals surface area (Å²) in [6.45, 7) is 5.28. The maximum atomic E-state index is 13.4.